The molecule has 0 spiro atoms. The van der Waals surface area contributed by atoms with Crippen LogP contribution in [0.15, 0.2) is 16.5 Å². The zero-order chi connectivity index (χ0) is 15.0. The van der Waals surface area contributed by atoms with Gasteiger partial charge in [0.25, 0.3) is 0 Å². The van der Waals surface area contributed by atoms with Crippen LogP contribution in [0.2, 0.25) is 0 Å². The molecule has 0 unspecified atom stereocenters. The normalized spacial score (nSPS) is 28.3. The van der Waals surface area contributed by atoms with Crippen LogP contribution in [0.1, 0.15) is 29.3 Å². The Morgan fingerprint density at radius 2 is 2.24 bits per heavy atom. The highest BCUT2D eigenvalue weighted by Crippen LogP contribution is 2.30. The Kier molecular flexibility index (Phi) is 4.01. The zero-order valence-corrected chi connectivity index (χ0v) is 12.7. The van der Waals surface area contributed by atoms with Gasteiger partial charge in [0.1, 0.15) is 5.76 Å². The summed E-state index contributed by atoms with van der Waals surface area (Å²) in [7, 11) is 3.50. The molecule has 1 aromatic rings. The summed E-state index contributed by atoms with van der Waals surface area (Å²) in [6.07, 6.45) is 0.265. The van der Waals surface area contributed by atoms with E-state index >= 15 is 0 Å². The fourth-order valence-electron chi connectivity index (χ4n) is 3.17. The minimum Gasteiger partial charge on any atom is -0.463 e. The second-order valence-electron chi connectivity index (χ2n) is 5.78. The molecular formula is C15H22N2O4. The van der Waals surface area contributed by atoms with Crippen molar-refractivity contribution in [3.05, 3.63) is 23.7 Å². The first kappa shape index (κ1) is 14.6. The number of esters is 1. The molecule has 3 heterocycles. The number of fused-ring (bicyclic) bond motifs is 1. The van der Waals surface area contributed by atoms with Gasteiger partial charge in [0.05, 0.1) is 25.9 Å². The number of carbonyl (C=O) groups is 1. The number of furan rings is 1. The van der Waals surface area contributed by atoms with Crippen LogP contribution in [-0.4, -0.2) is 68.3 Å². The van der Waals surface area contributed by atoms with Crippen molar-refractivity contribution in [3.63, 3.8) is 0 Å². The highest BCUT2D eigenvalue weighted by molar-refractivity contribution is 5.86. The molecule has 0 amide bonds. The molecule has 3 rings (SSSR count). The van der Waals surface area contributed by atoms with Crippen LogP contribution in [-0.2, 0) is 9.47 Å². The minimum atomic E-state index is -0.438. The standard InChI is InChI=1S/C15H22N2O4/c1-10(12-4-5-13(21-12)15(18)19-3)17-8-11-14(9-17)20-7-6-16(11)2/h4-5,10-11,14H,6-9H2,1-3H3/t10-,11+,14+/m0/s1. The summed E-state index contributed by atoms with van der Waals surface area (Å²) >= 11 is 0. The van der Waals surface area contributed by atoms with E-state index in [1.165, 1.54) is 7.11 Å². The second kappa shape index (κ2) is 5.79. The van der Waals surface area contributed by atoms with Crippen LogP contribution < -0.4 is 0 Å². The number of likely N-dealkylation sites (tertiary alicyclic amines) is 1. The Balaban J connectivity index is 1.70. The number of morpholine rings is 1. The third kappa shape index (κ3) is 2.71. The van der Waals surface area contributed by atoms with Gasteiger partial charge in [0, 0.05) is 25.7 Å². The molecule has 0 aromatic carbocycles. The number of hydrogen-bond donors (Lipinski definition) is 0. The molecule has 1 aromatic heterocycles. The molecule has 2 fully saturated rings. The molecule has 2 aliphatic heterocycles. The van der Waals surface area contributed by atoms with Gasteiger partial charge in [-0.2, -0.15) is 0 Å². The smallest absolute Gasteiger partial charge is 0.373 e. The maximum absolute atomic E-state index is 11.5. The summed E-state index contributed by atoms with van der Waals surface area (Å²) in [5.41, 5.74) is 0. The third-order valence-corrected chi connectivity index (χ3v) is 4.58. The number of hydrogen-bond acceptors (Lipinski definition) is 6. The number of rotatable bonds is 3. The lowest BCUT2D eigenvalue weighted by Gasteiger charge is -2.33. The lowest BCUT2D eigenvalue weighted by atomic mass is 10.1. The molecule has 2 aliphatic rings. The van der Waals surface area contributed by atoms with Crippen LogP contribution in [0.25, 0.3) is 0 Å². The van der Waals surface area contributed by atoms with Gasteiger partial charge in [-0.25, -0.2) is 4.79 Å². The Morgan fingerprint density at radius 3 is 2.95 bits per heavy atom. The molecule has 116 valence electrons. The van der Waals surface area contributed by atoms with Gasteiger partial charge in [0.15, 0.2) is 0 Å². The van der Waals surface area contributed by atoms with E-state index in [1.807, 2.05) is 6.07 Å². The van der Waals surface area contributed by atoms with Crippen LogP contribution in [0, 0.1) is 0 Å². The van der Waals surface area contributed by atoms with E-state index in [-0.39, 0.29) is 17.9 Å². The predicted molar refractivity (Wildman–Crippen MR) is 76.2 cm³/mol. The number of nitrogens with zero attached hydrogens (tertiary/aromatic N) is 2. The van der Waals surface area contributed by atoms with Crippen LogP contribution in [0.4, 0.5) is 0 Å². The monoisotopic (exact) mass is 294 g/mol. The van der Waals surface area contributed by atoms with Crippen molar-refractivity contribution in [3.8, 4) is 0 Å². The van der Waals surface area contributed by atoms with Crippen molar-refractivity contribution in [1.82, 2.24) is 9.80 Å². The Hall–Kier alpha value is -1.37. The number of likely N-dealkylation sites (N-methyl/N-ethyl adjacent to an activating group) is 1. The van der Waals surface area contributed by atoms with Crippen molar-refractivity contribution >= 4 is 5.97 Å². The van der Waals surface area contributed by atoms with Crippen LogP contribution in [0.3, 0.4) is 0 Å². The van der Waals surface area contributed by atoms with E-state index in [1.54, 1.807) is 6.07 Å². The molecule has 0 saturated carbocycles. The molecule has 0 N–H and O–H groups in total. The van der Waals surface area contributed by atoms with E-state index in [0.29, 0.717) is 6.04 Å². The largest absolute Gasteiger partial charge is 0.463 e. The average Bonchev–Trinajstić information content (AvgIpc) is 3.13. The highest BCUT2D eigenvalue weighted by Gasteiger charge is 2.40. The lowest BCUT2D eigenvalue weighted by Crippen LogP contribution is -2.48. The first-order chi connectivity index (χ1) is 10.1. The molecule has 6 nitrogen and oxygen atoms in total. The maximum atomic E-state index is 11.5. The number of methoxy groups -OCH3 is 1. The summed E-state index contributed by atoms with van der Waals surface area (Å²) in [6.45, 7) is 5.72. The minimum absolute atomic E-state index is 0.117. The first-order valence-electron chi connectivity index (χ1n) is 7.34. The Morgan fingerprint density at radius 1 is 1.43 bits per heavy atom. The van der Waals surface area contributed by atoms with E-state index < -0.39 is 5.97 Å². The van der Waals surface area contributed by atoms with E-state index in [4.69, 9.17) is 9.15 Å². The molecule has 21 heavy (non-hydrogen) atoms. The fourth-order valence-corrected chi connectivity index (χ4v) is 3.17. The van der Waals surface area contributed by atoms with E-state index in [0.717, 1.165) is 32.0 Å². The van der Waals surface area contributed by atoms with Crippen molar-refractivity contribution < 1.29 is 18.7 Å². The third-order valence-electron chi connectivity index (χ3n) is 4.58. The van der Waals surface area contributed by atoms with Gasteiger partial charge in [-0.15, -0.1) is 0 Å². The molecule has 0 aliphatic carbocycles. The molecule has 0 radical (unpaired) electrons. The SMILES string of the molecule is COC(=O)c1ccc([C@H](C)N2C[C@@H]3[C@@H](C2)OCCN3C)o1. The summed E-state index contributed by atoms with van der Waals surface area (Å²) in [4.78, 5) is 16.2. The van der Waals surface area contributed by atoms with Crippen molar-refractivity contribution in [2.24, 2.45) is 0 Å². The molecule has 2 saturated heterocycles. The van der Waals surface area contributed by atoms with Gasteiger partial charge in [0.2, 0.25) is 5.76 Å². The molecule has 3 atom stereocenters. The van der Waals surface area contributed by atoms with E-state index in [9.17, 15) is 4.79 Å². The van der Waals surface area contributed by atoms with Gasteiger partial charge in [-0.05, 0) is 26.1 Å². The number of carbonyl (C=O) groups excluding carboxylic acids is 1. The Labute approximate surface area is 124 Å². The first-order valence-corrected chi connectivity index (χ1v) is 7.34. The molecule has 0 bridgehead atoms. The zero-order valence-electron chi connectivity index (χ0n) is 12.7. The van der Waals surface area contributed by atoms with Crippen molar-refractivity contribution in [2.45, 2.75) is 25.1 Å². The van der Waals surface area contributed by atoms with Crippen molar-refractivity contribution in [1.29, 1.82) is 0 Å². The molecular weight excluding hydrogens is 272 g/mol. The number of ether oxygens (including phenoxy) is 2. The highest BCUT2D eigenvalue weighted by atomic mass is 16.5. The summed E-state index contributed by atoms with van der Waals surface area (Å²) in [5.74, 6) is 0.604. The predicted octanol–water partition coefficient (Wildman–Crippen LogP) is 1.14. The van der Waals surface area contributed by atoms with E-state index in [2.05, 4.69) is 28.5 Å². The maximum Gasteiger partial charge on any atom is 0.373 e. The molecule has 6 heteroatoms. The van der Waals surface area contributed by atoms with Gasteiger partial charge in [-0.1, -0.05) is 0 Å². The summed E-state index contributed by atoms with van der Waals surface area (Å²) in [5, 5.41) is 0. The van der Waals surface area contributed by atoms with Gasteiger partial charge < -0.3 is 13.9 Å². The second-order valence-corrected chi connectivity index (χ2v) is 5.78. The summed E-state index contributed by atoms with van der Waals surface area (Å²) in [6, 6.07) is 4.08. The quantitative estimate of drug-likeness (QED) is 0.779. The summed E-state index contributed by atoms with van der Waals surface area (Å²) < 4.78 is 16.2. The van der Waals surface area contributed by atoms with Crippen LogP contribution >= 0.6 is 0 Å². The lowest BCUT2D eigenvalue weighted by molar-refractivity contribution is -0.0372. The van der Waals surface area contributed by atoms with Gasteiger partial charge >= 0.3 is 5.97 Å². The fraction of sp³-hybridized carbons (Fsp3) is 0.667. The Bertz CT molecular complexity index is 516. The average molecular weight is 294 g/mol. The van der Waals surface area contributed by atoms with Crippen LogP contribution in [0.5, 0.6) is 0 Å². The van der Waals surface area contributed by atoms with Gasteiger partial charge in [-0.3, -0.25) is 9.80 Å². The van der Waals surface area contributed by atoms with Crippen molar-refractivity contribution in [2.75, 3.05) is 40.4 Å². The topological polar surface area (TPSA) is 55.1 Å².